The molecule has 2 aromatic rings. The summed E-state index contributed by atoms with van der Waals surface area (Å²) in [5.41, 5.74) is 1.39. The van der Waals surface area contributed by atoms with E-state index in [0.717, 1.165) is 4.90 Å². The van der Waals surface area contributed by atoms with Crippen molar-refractivity contribution in [3.05, 3.63) is 58.6 Å². The average Bonchev–Trinajstić information content (AvgIpc) is 2.52. The van der Waals surface area contributed by atoms with Gasteiger partial charge in [0.05, 0.1) is 5.02 Å². The van der Waals surface area contributed by atoms with E-state index in [2.05, 4.69) is 5.32 Å². The summed E-state index contributed by atoms with van der Waals surface area (Å²) in [7, 11) is -3.97. The summed E-state index contributed by atoms with van der Waals surface area (Å²) in [6.45, 7) is 2.47. The SMILES string of the molecule is Cc1ccc(SCCNC(=O)c2ccc(Cl)c(S(N)(=O)=O)c2)cc1. The van der Waals surface area contributed by atoms with Gasteiger partial charge < -0.3 is 5.32 Å². The van der Waals surface area contributed by atoms with Gasteiger partial charge in [-0.15, -0.1) is 11.8 Å². The van der Waals surface area contributed by atoms with Gasteiger partial charge in [0.1, 0.15) is 4.90 Å². The smallest absolute Gasteiger partial charge is 0.251 e. The van der Waals surface area contributed by atoms with E-state index in [1.54, 1.807) is 11.8 Å². The minimum atomic E-state index is -3.97. The van der Waals surface area contributed by atoms with Crippen LogP contribution in [0.25, 0.3) is 0 Å². The molecule has 0 saturated heterocycles. The lowest BCUT2D eigenvalue weighted by Gasteiger charge is -2.08. The number of benzene rings is 2. The monoisotopic (exact) mass is 384 g/mol. The van der Waals surface area contributed by atoms with Crippen molar-refractivity contribution in [2.75, 3.05) is 12.3 Å². The highest BCUT2D eigenvalue weighted by Gasteiger charge is 2.16. The molecule has 0 atom stereocenters. The molecule has 5 nitrogen and oxygen atoms in total. The van der Waals surface area contributed by atoms with Crippen molar-refractivity contribution < 1.29 is 13.2 Å². The molecule has 8 heteroatoms. The zero-order valence-electron chi connectivity index (χ0n) is 13.0. The van der Waals surface area contributed by atoms with E-state index in [4.69, 9.17) is 16.7 Å². The second-order valence-corrected chi connectivity index (χ2v) is 8.21. The number of carbonyl (C=O) groups is 1. The molecule has 0 unspecified atom stereocenters. The Labute approximate surface area is 150 Å². The van der Waals surface area contributed by atoms with Crippen LogP contribution in [0.4, 0.5) is 0 Å². The van der Waals surface area contributed by atoms with E-state index in [1.807, 2.05) is 31.2 Å². The van der Waals surface area contributed by atoms with Gasteiger partial charge in [0, 0.05) is 22.8 Å². The van der Waals surface area contributed by atoms with Crippen LogP contribution in [0.1, 0.15) is 15.9 Å². The summed E-state index contributed by atoms with van der Waals surface area (Å²) in [5.74, 6) is 0.325. The molecule has 2 aromatic carbocycles. The fourth-order valence-corrected chi connectivity index (χ4v) is 3.77. The highest BCUT2D eigenvalue weighted by atomic mass is 35.5. The van der Waals surface area contributed by atoms with Crippen LogP contribution in [-0.4, -0.2) is 26.6 Å². The molecule has 128 valence electrons. The zero-order chi connectivity index (χ0) is 17.7. The first kappa shape index (κ1) is 18.8. The van der Waals surface area contributed by atoms with Gasteiger partial charge in [0.2, 0.25) is 10.0 Å². The van der Waals surface area contributed by atoms with Gasteiger partial charge in [0.25, 0.3) is 5.91 Å². The second-order valence-electron chi connectivity index (χ2n) is 5.11. The first-order valence-corrected chi connectivity index (χ1v) is 9.98. The molecule has 0 aromatic heterocycles. The summed E-state index contributed by atoms with van der Waals surface area (Å²) in [6.07, 6.45) is 0. The Bertz CT molecular complexity index is 837. The molecule has 0 aliphatic carbocycles. The number of hydrogen-bond donors (Lipinski definition) is 2. The van der Waals surface area contributed by atoms with Crippen LogP contribution < -0.4 is 10.5 Å². The van der Waals surface area contributed by atoms with E-state index in [1.165, 1.54) is 23.8 Å². The third kappa shape index (κ3) is 5.24. The Morgan fingerprint density at radius 2 is 1.88 bits per heavy atom. The molecule has 0 heterocycles. The van der Waals surface area contributed by atoms with E-state index < -0.39 is 10.0 Å². The summed E-state index contributed by atoms with van der Waals surface area (Å²) < 4.78 is 22.9. The van der Waals surface area contributed by atoms with Gasteiger partial charge in [-0.05, 0) is 37.3 Å². The maximum atomic E-state index is 12.1. The average molecular weight is 385 g/mol. The molecule has 0 bridgehead atoms. The number of aryl methyl sites for hydroxylation is 1. The molecule has 1 amide bonds. The van der Waals surface area contributed by atoms with Crippen molar-refractivity contribution >= 4 is 39.3 Å². The van der Waals surface area contributed by atoms with Crippen molar-refractivity contribution in [2.24, 2.45) is 5.14 Å². The quantitative estimate of drug-likeness (QED) is 0.592. The van der Waals surface area contributed by atoms with Gasteiger partial charge in [-0.3, -0.25) is 4.79 Å². The maximum Gasteiger partial charge on any atom is 0.251 e. The first-order valence-electron chi connectivity index (χ1n) is 7.07. The zero-order valence-corrected chi connectivity index (χ0v) is 15.3. The summed E-state index contributed by atoms with van der Waals surface area (Å²) >= 11 is 7.42. The Morgan fingerprint density at radius 1 is 1.21 bits per heavy atom. The third-order valence-corrected chi connectivity index (χ3v) is 5.58. The number of sulfonamides is 1. The number of thioether (sulfide) groups is 1. The standard InChI is InChI=1S/C16H17ClN2O3S2/c1-11-2-5-13(6-3-11)23-9-8-19-16(20)12-4-7-14(17)15(10-12)24(18,21)22/h2-7,10H,8-9H2,1H3,(H,19,20)(H2,18,21,22). The van der Waals surface area contributed by atoms with Crippen molar-refractivity contribution in [3.63, 3.8) is 0 Å². The highest BCUT2D eigenvalue weighted by molar-refractivity contribution is 7.99. The Morgan fingerprint density at radius 3 is 2.50 bits per heavy atom. The molecular formula is C16H17ClN2O3S2. The van der Waals surface area contributed by atoms with E-state index in [0.29, 0.717) is 12.3 Å². The third-order valence-electron chi connectivity index (χ3n) is 3.18. The van der Waals surface area contributed by atoms with Crippen molar-refractivity contribution in [3.8, 4) is 0 Å². The number of halogens is 1. The Balaban J connectivity index is 1.92. The molecular weight excluding hydrogens is 368 g/mol. The maximum absolute atomic E-state index is 12.1. The largest absolute Gasteiger partial charge is 0.351 e. The Kier molecular flexibility index (Phi) is 6.28. The number of primary sulfonamides is 1. The van der Waals surface area contributed by atoms with Crippen LogP contribution >= 0.6 is 23.4 Å². The lowest BCUT2D eigenvalue weighted by molar-refractivity contribution is 0.0956. The predicted octanol–water partition coefficient (Wildman–Crippen LogP) is 2.82. The minimum Gasteiger partial charge on any atom is -0.351 e. The van der Waals surface area contributed by atoms with E-state index >= 15 is 0 Å². The molecule has 2 rings (SSSR count). The molecule has 0 spiro atoms. The lowest BCUT2D eigenvalue weighted by Crippen LogP contribution is -2.26. The molecule has 3 N–H and O–H groups in total. The summed E-state index contributed by atoms with van der Waals surface area (Å²) in [4.78, 5) is 13.0. The molecule has 0 radical (unpaired) electrons. The number of hydrogen-bond acceptors (Lipinski definition) is 4. The minimum absolute atomic E-state index is 0.0102. The predicted molar refractivity (Wildman–Crippen MR) is 97.1 cm³/mol. The van der Waals surface area contributed by atoms with Crippen LogP contribution in [0.3, 0.4) is 0 Å². The number of rotatable bonds is 6. The fourth-order valence-electron chi connectivity index (χ4n) is 1.93. The van der Waals surface area contributed by atoms with Gasteiger partial charge in [-0.25, -0.2) is 13.6 Å². The normalized spacial score (nSPS) is 11.3. The van der Waals surface area contributed by atoms with Gasteiger partial charge in [-0.1, -0.05) is 29.3 Å². The number of nitrogens with two attached hydrogens (primary N) is 1. The van der Waals surface area contributed by atoms with Crippen LogP contribution in [0, 0.1) is 6.92 Å². The topological polar surface area (TPSA) is 89.3 Å². The van der Waals surface area contributed by atoms with Gasteiger partial charge >= 0.3 is 0 Å². The summed E-state index contributed by atoms with van der Waals surface area (Å²) in [6, 6.07) is 12.1. The molecule has 0 saturated carbocycles. The molecule has 24 heavy (non-hydrogen) atoms. The molecule has 0 aliphatic rings. The van der Waals surface area contributed by atoms with Crippen molar-refractivity contribution in [1.82, 2.24) is 5.32 Å². The molecule has 0 aliphatic heterocycles. The fraction of sp³-hybridized carbons (Fsp3) is 0.188. The summed E-state index contributed by atoms with van der Waals surface area (Å²) in [5, 5.41) is 7.81. The highest BCUT2D eigenvalue weighted by Crippen LogP contribution is 2.21. The molecule has 0 fully saturated rings. The Hall–Kier alpha value is -1.54. The lowest BCUT2D eigenvalue weighted by atomic mass is 10.2. The number of nitrogens with one attached hydrogen (secondary N) is 1. The van der Waals surface area contributed by atoms with Crippen molar-refractivity contribution in [2.45, 2.75) is 16.7 Å². The van der Waals surface area contributed by atoms with Crippen LogP contribution in [0.2, 0.25) is 5.02 Å². The number of carbonyl (C=O) groups excluding carboxylic acids is 1. The van der Waals surface area contributed by atoms with Crippen LogP contribution in [-0.2, 0) is 10.0 Å². The van der Waals surface area contributed by atoms with Crippen molar-refractivity contribution in [1.29, 1.82) is 0 Å². The number of amides is 1. The second kappa shape index (κ2) is 8.02. The first-order chi connectivity index (χ1) is 11.3. The van der Waals surface area contributed by atoms with Gasteiger partial charge in [0.15, 0.2) is 0 Å². The van der Waals surface area contributed by atoms with E-state index in [9.17, 15) is 13.2 Å². The van der Waals surface area contributed by atoms with Crippen LogP contribution in [0.5, 0.6) is 0 Å². The van der Waals surface area contributed by atoms with Gasteiger partial charge in [-0.2, -0.15) is 0 Å². The van der Waals surface area contributed by atoms with Crippen LogP contribution in [0.15, 0.2) is 52.3 Å². The van der Waals surface area contributed by atoms with E-state index in [-0.39, 0.29) is 21.4 Å².